The van der Waals surface area contributed by atoms with E-state index in [1.807, 2.05) is 43.5 Å². The van der Waals surface area contributed by atoms with E-state index in [-0.39, 0.29) is 23.7 Å². The van der Waals surface area contributed by atoms with Gasteiger partial charge in [0.2, 0.25) is 0 Å². The Morgan fingerprint density at radius 3 is 2.42 bits per heavy atom. The van der Waals surface area contributed by atoms with Crippen molar-refractivity contribution in [3.05, 3.63) is 34.4 Å². The first-order valence-corrected chi connectivity index (χ1v) is 13.5. The van der Waals surface area contributed by atoms with Crippen molar-refractivity contribution in [1.29, 1.82) is 0 Å². The average molecular weight is 499 g/mol. The van der Waals surface area contributed by atoms with Crippen molar-refractivity contribution >= 4 is 22.7 Å². The van der Waals surface area contributed by atoms with Crippen molar-refractivity contribution in [1.82, 2.24) is 24.3 Å². The zero-order valence-electron chi connectivity index (χ0n) is 22.4. The number of aromatic nitrogens is 2. The van der Waals surface area contributed by atoms with Gasteiger partial charge in [-0.25, -0.2) is 9.78 Å². The van der Waals surface area contributed by atoms with Crippen LogP contribution in [0.15, 0.2) is 23.0 Å². The zero-order chi connectivity index (χ0) is 26.0. The van der Waals surface area contributed by atoms with Crippen LogP contribution in [0.2, 0.25) is 0 Å². The van der Waals surface area contributed by atoms with E-state index in [1.165, 1.54) is 0 Å². The fourth-order valence-corrected chi connectivity index (χ4v) is 6.02. The lowest BCUT2D eigenvalue weighted by Gasteiger charge is -2.45. The molecule has 2 saturated heterocycles. The van der Waals surface area contributed by atoms with E-state index in [1.54, 1.807) is 4.90 Å². The zero-order valence-corrected chi connectivity index (χ0v) is 22.4. The largest absolute Gasteiger partial charge is 0.465 e. The molecule has 9 nitrogen and oxygen atoms in total. The van der Waals surface area contributed by atoms with E-state index in [2.05, 4.69) is 29.1 Å². The van der Waals surface area contributed by atoms with Crippen LogP contribution in [0.1, 0.15) is 65.2 Å². The molecule has 198 valence electrons. The Labute approximate surface area is 214 Å². The molecule has 4 rings (SSSR count). The number of nitrogens with one attached hydrogen (secondary N) is 1. The predicted molar refractivity (Wildman–Crippen MR) is 144 cm³/mol. The number of piperazine rings is 1. The summed E-state index contributed by atoms with van der Waals surface area (Å²) in [4.78, 5) is 36.7. The molecule has 9 heteroatoms. The van der Waals surface area contributed by atoms with Gasteiger partial charge in [0.15, 0.2) is 0 Å². The van der Waals surface area contributed by atoms with Crippen LogP contribution >= 0.6 is 0 Å². The van der Waals surface area contributed by atoms with Gasteiger partial charge in [-0.2, -0.15) is 0 Å². The van der Waals surface area contributed by atoms with Gasteiger partial charge in [-0.3, -0.25) is 14.3 Å². The Morgan fingerprint density at radius 2 is 1.83 bits per heavy atom. The number of carbonyl (C=O) groups is 1. The number of anilines is 1. The second-order valence-electron chi connectivity index (χ2n) is 10.6. The molecule has 0 spiro atoms. The van der Waals surface area contributed by atoms with Gasteiger partial charge in [-0.05, 0) is 78.4 Å². The van der Waals surface area contributed by atoms with Gasteiger partial charge < -0.3 is 20.2 Å². The third kappa shape index (κ3) is 5.37. The topological polar surface area (TPSA) is 93.9 Å². The van der Waals surface area contributed by atoms with Gasteiger partial charge in [-0.15, -0.1) is 0 Å². The molecule has 36 heavy (non-hydrogen) atoms. The maximum atomic E-state index is 13.7. The van der Waals surface area contributed by atoms with Crippen molar-refractivity contribution in [2.45, 2.75) is 84.1 Å². The average Bonchev–Trinajstić information content (AvgIpc) is 2.83. The molecular weight excluding hydrogens is 456 g/mol. The minimum absolute atomic E-state index is 0.00380. The summed E-state index contributed by atoms with van der Waals surface area (Å²) in [6.07, 6.45) is 3.12. The van der Waals surface area contributed by atoms with E-state index >= 15 is 0 Å². The quantitative estimate of drug-likeness (QED) is 0.599. The second-order valence-corrected chi connectivity index (χ2v) is 10.6. The molecule has 3 heterocycles. The summed E-state index contributed by atoms with van der Waals surface area (Å²) in [7, 11) is 2.15. The number of rotatable bonds is 7. The number of nitrogens with zero attached hydrogens (tertiary/aromatic N) is 5. The molecule has 0 aliphatic carbocycles. The summed E-state index contributed by atoms with van der Waals surface area (Å²) in [5.41, 5.74) is 1.69. The highest BCUT2D eigenvalue weighted by atomic mass is 16.4. The van der Waals surface area contributed by atoms with Gasteiger partial charge in [0, 0.05) is 43.4 Å². The molecule has 3 unspecified atom stereocenters. The summed E-state index contributed by atoms with van der Waals surface area (Å²) in [6, 6.07) is 6.10. The minimum Gasteiger partial charge on any atom is -0.465 e. The fraction of sp³-hybridized carbons (Fsp3) is 0.667. The number of benzene rings is 1. The Kier molecular flexibility index (Phi) is 8.20. The highest BCUT2D eigenvalue weighted by Crippen LogP contribution is 2.30. The molecule has 2 fully saturated rings. The smallest absolute Gasteiger partial charge is 0.407 e. The lowest BCUT2D eigenvalue weighted by atomic mass is 10.0. The van der Waals surface area contributed by atoms with Gasteiger partial charge in [0.25, 0.3) is 5.56 Å². The molecule has 2 N–H and O–H groups in total. The van der Waals surface area contributed by atoms with Crippen LogP contribution in [0.25, 0.3) is 10.9 Å². The summed E-state index contributed by atoms with van der Waals surface area (Å²) in [5, 5.41) is 13.9. The summed E-state index contributed by atoms with van der Waals surface area (Å²) in [6.45, 7) is 12.0. The highest BCUT2D eigenvalue weighted by molar-refractivity contribution is 5.81. The maximum absolute atomic E-state index is 13.7. The van der Waals surface area contributed by atoms with Crippen LogP contribution in [0.3, 0.4) is 0 Å². The summed E-state index contributed by atoms with van der Waals surface area (Å²) < 4.78 is 1.82. The molecule has 1 aromatic carbocycles. The number of amides is 1. The number of hydrogen-bond acceptors (Lipinski definition) is 6. The van der Waals surface area contributed by atoms with Crippen molar-refractivity contribution in [3.63, 3.8) is 0 Å². The van der Waals surface area contributed by atoms with E-state index < -0.39 is 6.09 Å². The van der Waals surface area contributed by atoms with E-state index in [0.29, 0.717) is 31.1 Å². The van der Waals surface area contributed by atoms with E-state index in [9.17, 15) is 14.7 Å². The predicted octanol–water partition coefficient (Wildman–Crippen LogP) is 3.84. The van der Waals surface area contributed by atoms with Crippen LogP contribution in [-0.4, -0.2) is 86.8 Å². The van der Waals surface area contributed by atoms with Gasteiger partial charge in [-0.1, -0.05) is 13.3 Å². The number of carboxylic acid groups (broad SMARTS) is 1. The Balaban J connectivity index is 1.66. The second kappa shape index (κ2) is 11.2. The third-order valence-corrected chi connectivity index (χ3v) is 7.86. The first-order chi connectivity index (χ1) is 17.2. The van der Waals surface area contributed by atoms with Crippen molar-refractivity contribution in [2.75, 3.05) is 38.5 Å². The Hall–Kier alpha value is -2.65. The lowest BCUT2D eigenvalue weighted by molar-refractivity contribution is 0.0171. The molecule has 1 amide bonds. The number of piperidine rings is 1. The van der Waals surface area contributed by atoms with Crippen LogP contribution < -0.4 is 10.9 Å². The third-order valence-electron chi connectivity index (χ3n) is 7.86. The van der Waals surface area contributed by atoms with Crippen molar-refractivity contribution in [3.8, 4) is 0 Å². The first kappa shape index (κ1) is 26.4. The minimum atomic E-state index is -0.874. The molecule has 2 aliphatic rings. The van der Waals surface area contributed by atoms with Crippen LogP contribution in [0, 0.1) is 0 Å². The molecule has 3 atom stereocenters. The maximum Gasteiger partial charge on any atom is 0.407 e. The van der Waals surface area contributed by atoms with Crippen molar-refractivity contribution < 1.29 is 9.90 Å². The highest BCUT2D eigenvalue weighted by Gasteiger charge is 2.37. The number of fused-ring (bicyclic) bond motifs is 1. The van der Waals surface area contributed by atoms with Crippen LogP contribution in [-0.2, 0) is 6.54 Å². The summed E-state index contributed by atoms with van der Waals surface area (Å²) in [5.74, 6) is 0.788. The molecule has 0 radical (unpaired) electrons. The molecular formula is C27H42N6O3. The Morgan fingerprint density at radius 1 is 1.17 bits per heavy atom. The molecule has 0 bridgehead atoms. The van der Waals surface area contributed by atoms with Gasteiger partial charge in [0.1, 0.15) is 5.82 Å². The van der Waals surface area contributed by atoms with Crippen LogP contribution in [0.5, 0.6) is 0 Å². The van der Waals surface area contributed by atoms with Crippen molar-refractivity contribution in [2.24, 2.45) is 0 Å². The summed E-state index contributed by atoms with van der Waals surface area (Å²) >= 11 is 0. The van der Waals surface area contributed by atoms with Crippen LogP contribution in [0.4, 0.5) is 10.5 Å². The first-order valence-electron chi connectivity index (χ1n) is 13.5. The normalized spacial score (nSPS) is 23.2. The SMILES string of the molecule is CCCC(c1nc2ccc(NC3CCN(C)CC3)cc2c(=O)n1CC)N1CC(C)N(C(=O)O)C(C)C1. The fourth-order valence-electron chi connectivity index (χ4n) is 6.02. The monoisotopic (exact) mass is 498 g/mol. The molecule has 0 saturated carbocycles. The molecule has 1 aromatic heterocycles. The molecule has 2 aromatic rings. The lowest BCUT2D eigenvalue weighted by Crippen LogP contribution is -2.59. The van der Waals surface area contributed by atoms with E-state index in [4.69, 9.17) is 4.98 Å². The van der Waals surface area contributed by atoms with Gasteiger partial charge >= 0.3 is 6.09 Å². The Bertz CT molecular complexity index is 1110. The van der Waals surface area contributed by atoms with Gasteiger partial charge in [0.05, 0.1) is 16.9 Å². The van der Waals surface area contributed by atoms with E-state index in [0.717, 1.165) is 55.8 Å². The number of hydrogen-bond donors (Lipinski definition) is 2. The standard InChI is InChI=1S/C27H42N6O3/c1-6-8-24(31-16-18(3)33(27(35)36)19(4)17-31)25-29-23-10-9-21(15-22(23)26(34)32(25)7-2)28-20-11-13-30(5)14-12-20/h9-10,15,18-20,24,28H,6-8,11-14,16-17H2,1-5H3,(H,35,36). The number of likely N-dealkylation sites (tertiary alicyclic amines) is 1. The molecule has 2 aliphatic heterocycles.